The van der Waals surface area contributed by atoms with Crippen molar-refractivity contribution in [3.05, 3.63) is 58.6 Å². The molecule has 2 N–H and O–H groups in total. The minimum Gasteiger partial charge on any atom is -0.343 e. The SMILES string of the molecule is O=C1NC(CCCC(=O)N2CCC([C@H]3C(=O)Nc4cc(Cl)ccc43)CC2)N(OC(=O)C(F)(F)F)c2ccccc21. The van der Waals surface area contributed by atoms with Gasteiger partial charge >= 0.3 is 12.1 Å². The second-order valence-electron chi connectivity index (χ2n) is 10.0. The highest BCUT2D eigenvalue weighted by Gasteiger charge is 2.45. The fraction of sp³-hybridized carbons (Fsp3) is 0.407. The third kappa shape index (κ3) is 5.58. The molecular weight excluding hydrogens is 553 g/mol. The van der Waals surface area contributed by atoms with Gasteiger partial charge in [-0.15, -0.1) is 0 Å². The number of carbonyl (C=O) groups excluding carboxylic acids is 4. The van der Waals surface area contributed by atoms with Gasteiger partial charge in [-0.1, -0.05) is 29.8 Å². The maximum absolute atomic E-state index is 12.9. The number of hydrogen-bond donors (Lipinski definition) is 2. The van der Waals surface area contributed by atoms with Crippen LogP contribution in [0.15, 0.2) is 42.5 Å². The minimum absolute atomic E-state index is 0.0297. The Labute approximate surface area is 232 Å². The molecule has 2 atom stereocenters. The molecule has 3 heterocycles. The van der Waals surface area contributed by atoms with Gasteiger partial charge in [0.1, 0.15) is 6.17 Å². The number of halogens is 4. The first kappa shape index (κ1) is 27.8. The molecule has 40 heavy (non-hydrogen) atoms. The Kier molecular flexibility index (Phi) is 7.63. The summed E-state index contributed by atoms with van der Waals surface area (Å²) in [7, 11) is 0. The molecule has 3 amide bonds. The Bertz CT molecular complexity index is 1350. The first-order valence-electron chi connectivity index (χ1n) is 12.9. The summed E-state index contributed by atoms with van der Waals surface area (Å²) in [5.41, 5.74) is 1.72. The molecule has 5 rings (SSSR count). The Hall–Kier alpha value is -3.80. The van der Waals surface area contributed by atoms with E-state index in [1.807, 2.05) is 6.07 Å². The molecule has 2 aromatic rings. The van der Waals surface area contributed by atoms with Gasteiger partial charge in [0.15, 0.2) is 0 Å². The van der Waals surface area contributed by atoms with E-state index in [2.05, 4.69) is 15.5 Å². The topological polar surface area (TPSA) is 108 Å². The summed E-state index contributed by atoms with van der Waals surface area (Å²) in [4.78, 5) is 56.0. The van der Waals surface area contributed by atoms with Crippen LogP contribution in [0.25, 0.3) is 0 Å². The molecular formula is C27H26ClF3N4O5. The van der Waals surface area contributed by atoms with Gasteiger partial charge in [0, 0.05) is 30.2 Å². The lowest BCUT2D eigenvalue weighted by Gasteiger charge is -2.37. The highest BCUT2D eigenvalue weighted by molar-refractivity contribution is 6.31. The van der Waals surface area contributed by atoms with Crippen molar-refractivity contribution < 1.29 is 37.2 Å². The van der Waals surface area contributed by atoms with Gasteiger partial charge in [0.2, 0.25) is 11.8 Å². The molecule has 3 aliphatic heterocycles. The highest BCUT2D eigenvalue weighted by Crippen LogP contribution is 2.42. The molecule has 0 saturated carbocycles. The zero-order valence-electron chi connectivity index (χ0n) is 21.2. The molecule has 1 unspecified atom stereocenters. The van der Waals surface area contributed by atoms with Crippen molar-refractivity contribution in [3.8, 4) is 0 Å². The first-order valence-corrected chi connectivity index (χ1v) is 13.3. The Morgan fingerprint density at radius 1 is 1.07 bits per heavy atom. The Morgan fingerprint density at radius 2 is 1.80 bits per heavy atom. The lowest BCUT2D eigenvalue weighted by atomic mass is 9.80. The van der Waals surface area contributed by atoms with Gasteiger partial charge in [0.05, 0.1) is 17.2 Å². The predicted octanol–water partition coefficient (Wildman–Crippen LogP) is 4.38. The van der Waals surface area contributed by atoms with Crippen LogP contribution < -0.4 is 15.7 Å². The number of amides is 3. The molecule has 0 radical (unpaired) electrons. The summed E-state index contributed by atoms with van der Waals surface area (Å²) < 4.78 is 38.8. The van der Waals surface area contributed by atoms with E-state index in [0.29, 0.717) is 36.6 Å². The first-order chi connectivity index (χ1) is 19.0. The highest BCUT2D eigenvalue weighted by atomic mass is 35.5. The number of nitrogens with zero attached hydrogens (tertiary/aromatic N) is 2. The molecule has 13 heteroatoms. The van der Waals surface area contributed by atoms with Crippen molar-refractivity contribution in [2.45, 2.75) is 50.4 Å². The van der Waals surface area contributed by atoms with E-state index in [1.165, 1.54) is 24.3 Å². The number of likely N-dealkylation sites (tertiary alicyclic amines) is 1. The van der Waals surface area contributed by atoms with E-state index < -0.39 is 24.2 Å². The normalized spacial score (nSPS) is 20.9. The quantitative estimate of drug-likeness (QED) is 0.527. The molecule has 0 spiro atoms. The van der Waals surface area contributed by atoms with Crippen LogP contribution >= 0.6 is 11.6 Å². The fourth-order valence-corrected chi connectivity index (χ4v) is 5.74. The Morgan fingerprint density at radius 3 is 2.52 bits per heavy atom. The van der Waals surface area contributed by atoms with Crippen molar-refractivity contribution in [2.24, 2.45) is 5.92 Å². The van der Waals surface area contributed by atoms with Crippen molar-refractivity contribution >= 4 is 46.7 Å². The number of para-hydroxylation sites is 1. The number of alkyl halides is 3. The maximum Gasteiger partial charge on any atom is 0.493 e. The van der Waals surface area contributed by atoms with Gasteiger partial charge in [-0.05, 0) is 61.4 Å². The smallest absolute Gasteiger partial charge is 0.343 e. The molecule has 2 aromatic carbocycles. The number of benzene rings is 2. The second-order valence-corrected chi connectivity index (χ2v) is 10.5. The molecule has 1 fully saturated rings. The van der Waals surface area contributed by atoms with E-state index in [-0.39, 0.29) is 54.2 Å². The summed E-state index contributed by atoms with van der Waals surface area (Å²) >= 11 is 6.04. The van der Waals surface area contributed by atoms with Crippen LogP contribution in [0.5, 0.6) is 0 Å². The third-order valence-electron chi connectivity index (χ3n) is 7.50. The van der Waals surface area contributed by atoms with E-state index >= 15 is 0 Å². The van der Waals surface area contributed by atoms with E-state index in [4.69, 9.17) is 11.6 Å². The summed E-state index contributed by atoms with van der Waals surface area (Å²) in [6.45, 7) is 0.943. The number of hydrogen-bond acceptors (Lipinski definition) is 6. The molecule has 0 aliphatic carbocycles. The van der Waals surface area contributed by atoms with E-state index in [1.54, 1.807) is 17.0 Å². The summed E-state index contributed by atoms with van der Waals surface area (Å²) in [5.74, 6) is -3.37. The number of rotatable bonds is 6. The van der Waals surface area contributed by atoms with E-state index in [0.717, 1.165) is 10.6 Å². The van der Waals surface area contributed by atoms with Gasteiger partial charge in [-0.2, -0.15) is 18.2 Å². The zero-order valence-corrected chi connectivity index (χ0v) is 21.9. The summed E-state index contributed by atoms with van der Waals surface area (Å²) in [6.07, 6.45) is -4.64. The van der Waals surface area contributed by atoms with Crippen LogP contribution in [0.1, 0.15) is 53.9 Å². The average Bonchev–Trinajstić information content (AvgIpc) is 3.24. The minimum atomic E-state index is -5.22. The van der Waals surface area contributed by atoms with Gasteiger partial charge in [-0.25, -0.2) is 4.79 Å². The number of anilines is 2. The average molecular weight is 579 g/mol. The van der Waals surface area contributed by atoms with Crippen molar-refractivity contribution in [3.63, 3.8) is 0 Å². The van der Waals surface area contributed by atoms with Gasteiger partial charge in [-0.3, -0.25) is 14.4 Å². The van der Waals surface area contributed by atoms with Crippen LogP contribution in [0, 0.1) is 5.92 Å². The number of nitrogens with one attached hydrogen (secondary N) is 2. The van der Waals surface area contributed by atoms with Crippen LogP contribution in [0.3, 0.4) is 0 Å². The third-order valence-corrected chi connectivity index (χ3v) is 7.74. The number of fused-ring (bicyclic) bond motifs is 2. The fourth-order valence-electron chi connectivity index (χ4n) is 5.57. The van der Waals surface area contributed by atoms with Gasteiger partial charge < -0.3 is 20.4 Å². The Balaban J connectivity index is 1.16. The van der Waals surface area contributed by atoms with Crippen molar-refractivity contribution in [1.82, 2.24) is 10.2 Å². The predicted molar refractivity (Wildman–Crippen MR) is 138 cm³/mol. The second kappa shape index (κ2) is 11.0. The molecule has 9 nitrogen and oxygen atoms in total. The summed E-state index contributed by atoms with van der Waals surface area (Å²) in [5, 5.41) is 6.73. The van der Waals surface area contributed by atoms with E-state index in [9.17, 15) is 32.3 Å². The molecule has 1 saturated heterocycles. The van der Waals surface area contributed by atoms with Crippen molar-refractivity contribution in [2.75, 3.05) is 23.5 Å². The molecule has 212 valence electrons. The molecule has 0 bridgehead atoms. The lowest BCUT2D eigenvalue weighted by molar-refractivity contribution is -0.202. The number of piperidine rings is 1. The van der Waals surface area contributed by atoms with Crippen LogP contribution in [-0.4, -0.2) is 54.0 Å². The lowest BCUT2D eigenvalue weighted by Crippen LogP contribution is -2.54. The van der Waals surface area contributed by atoms with Crippen molar-refractivity contribution in [1.29, 1.82) is 0 Å². The van der Waals surface area contributed by atoms with Crippen LogP contribution in [0.2, 0.25) is 5.02 Å². The summed E-state index contributed by atoms with van der Waals surface area (Å²) in [6, 6.07) is 11.2. The zero-order chi connectivity index (χ0) is 28.6. The number of carbonyl (C=O) groups is 4. The number of hydroxylamine groups is 1. The molecule has 3 aliphatic rings. The maximum atomic E-state index is 12.9. The van der Waals surface area contributed by atoms with Crippen LogP contribution in [0.4, 0.5) is 24.5 Å². The molecule has 0 aromatic heterocycles. The largest absolute Gasteiger partial charge is 0.493 e. The van der Waals surface area contributed by atoms with Gasteiger partial charge in [0.25, 0.3) is 5.91 Å². The van der Waals surface area contributed by atoms with Crippen LogP contribution in [-0.2, 0) is 19.2 Å². The monoisotopic (exact) mass is 578 g/mol. The standard InChI is InChI=1S/C27H26ClF3N4O5/c28-16-8-9-17-19(14-16)32-25(38)23(17)15-10-12-34(13-11-15)22(36)7-3-6-21-33-24(37)18-4-1-2-5-20(18)35(21)40-26(39)27(29,30)31/h1-2,4-5,8-9,14-15,21,23H,3,6-7,10-13H2,(H,32,38)(H,33,37)/t21?,23-/m1/s1.